The Balaban J connectivity index is 1.20. The van der Waals surface area contributed by atoms with E-state index in [0.29, 0.717) is 19.6 Å². The lowest BCUT2D eigenvalue weighted by molar-refractivity contribution is -0.116. The standard InChI is InChI=1S/C24H31N3O3/c1-2-29-23-7-4-3-6-22(23)27-15-13-26(14-16-27)12-5-17-30-20-10-8-19-9-11-24(28)25-21(19)18-20/h3-4,6-8,10,18H,2,5,9,11-17H2,1H3,(H,25,28). The number of ether oxygens (including phenoxy) is 2. The highest BCUT2D eigenvalue weighted by Gasteiger charge is 2.19. The van der Waals surface area contributed by atoms with E-state index < -0.39 is 0 Å². The molecule has 2 heterocycles. The molecular weight excluding hydrogens is 378 g/mol. The maximum Gasteiger partial charge on any atom is 0.224 e. The van der Waals surface area contributed by atoms with Gasteiger partial charge in [0.05, 0.1) is 18.9 Å². The summed E-state index contributed by atoms with van der Waals surface area (Å²) in [4.78, 5) is 16.5. The van der Waals surface area contributed by atoms with Crippen LogP contribution in [0, 0.1) is 0 Å². The van der Waals surface area contributed by atoms with Gasteiger partial charge in [0.1, 0.15) is 11.5 Å². The van der Waals surface area contributed by atoms with Gasteiger partial charge in [0.25, 0.3) is 0 Å². The van der Waals surface area contributed by atoms with E-state index >= 15 is 0 Å². The highest BCUT2D eigenvalue weighted by atomic mass is 16.5. The van der Waals surface area contributed by atoms with Crippen molar-refractivity contribution >= 4 is 17.3 Å². The van der Waals surface area contributed by atoms with Crippen molar-refractivity contribution in [3.05, 3.63) is 48.0 Å². The van der Waals surface area contributed by atoms with Gasteiger partial charge in [-0.3, -0.25) is 9.69 Å². The molecule has 160 valence electrons. The van der Waals surface area contributed by atoms with Crippen molar-refractivity contribution < 1.29 is 14.3 Å². The second kappa shape index (κ2) is 9.85. The lowest BCUT2D eigenvalue weighted by Gasteiger charge is -2.36. The number of rotatable bonds is 8. The molecule has 4 rings (SSSR count). The van der Waals surface area contributed by atoms with E-state index in [-0.39, 0.29) is 5.91 Å². The number of benzene rings is 2. The fourth-order valence-electron chi connectivity index (χ4n) is 4.13. The van der Waals surface area contributed by atoms with Crippen molar-refractivity contribution in [2.24, 2.45) is 0 Å². The summed E-state index contributed by atoms with van der Waals surface area (Å²) < 4.78 is 11.7. The summed E-state index contributed by atoms with van der Waals surface area (Å²) in [6.45, 7) is 8.54. The number of aryl methyl sites for hydroxylation is 1. The lowest BCUT2D eigenvalue weighted by atomic mass is 10.0. The third-order valence-electron chi connectivity index (χ3n) is 5.74. The van der Waals surface area contributed by atoms with Crippen molar-refractivity contribution in [3.8, 4) is 11.5 Å². The number of amides is 1. The third kappa shape index (κ3) is 5.05. The van der Waals surface area contributed by atoms with Crippen LogP contribution in [-0.4, -0.2) is 56.7 Å². The van der Waals surface area contributed by atoms with Crippen molar-refractivity contribution in [2.75, 3.05) is 56.2 Å². The van der Waals surface area contributed by atoms with Gasteiger partial charge in [0.15, 0.2) is 0 Å². The highest BCUT2D eigenvalue weighted by Crippen LogP contribution is 2.29. The van der Waals surface area contributed by atoms with Crippen LogP contribution in [0.15, 0.2) is 42.5 Å². The molecule has 0 bridgehead atoms. The number of carbonyl (C=O) groups is 1. The number of carbonyl (C=O) groups excluding carboxylic acids is 1. The zero-order chi connectivity index (χ0) is 20.8. The first-order chi connectivity index (χ1) is 14.7. The predicted octanol–water partition coefficient (Wildman–Crippen LogP) is 3.56. The van der Waals surface area contributed by atoms with Crippen LogP contribution in [0.1, 0.15) is 25.3 Å². The molecule has 1 N–H and O–H groups in total. The zero-order valence-electron chi connectivity index (χ0n) is 17.7. The van der Waals surface area contributed by atoms with E-state index in [4.69, 9.17) is 9.47 Å². The van der Waals surface area contributed by atoms with Gasteiger partial charge < -0.3 is 19.7 Å². The van der Waals surface area contributed by atoms with Gasteiger partial charge in [-0.2, -0.15) is 0 Å². The maximum absolute atomic E-state index is 11.6. The summed E-state index contributed by atoms with van der Waals surface area (Å²) in [7, 11) is 0. The summed E-state index contributed by atoms with van der Waals surface area (Å²) in [5, 5.41) is 2.93. The first kappa shape index (κ1) is 20.5. The molecule has 1 amide bonds. The van der Waals surface area contributed by atoms with E-state index in [1.807, 2.05) is 25.1 Å². The maximum atomic E-state index is 11.6. The average Bonchev–Trinajstić information content (AvgIpc) is 2.77. The quantitative estimate of drug-likeness (QED) is 0.676. The van der Waals surface area contributed by atoms with Gasteiger partial charge in [-0.05, 0) is 43.5 Å². The van der Waals surface area contributed by atoms with E-state index in [1.54, 1.807) is 0 Å². The predicted molar refractivity (Wildman–Crippen MR) is 120 cm³/mol. The molecule has 0 aromatic heterocycles. The Hall–Kier alpha value is -2.73. The molecule has 2 aliphatic heterocycles. The minimum Gasteiger partial charge on any atom is -0.493 e. The van der Waals surface area contributed by atoms with E-state index in [0.717, 1.165) is 62.8 Å². The van der Waals surface area contributed by atoms with Gasteiger partial charge in [-0.15, -0.1) is 0 Å². The Bertz CT molecular complexity index is 863. The molecule has 1 fully saturated rings. The van der Waals surface area contributed by atoms with Gasteiger partial charge in [0.2, 0.25) is 5.91 Å². The molecule has 2 aromatic carbocycles. The van der Waals surface area contributed by atoms with Crippen molar-refractivity contribution in [2.45, 2.75) is 26.2 Å². The molecule has 0 aliphatic carbocycles. The summed E-state index contributed by atoms with van der Waals surface area (Å²) in [5.74, 6) is 1.89. The second-order valence-corrected chi connectivity index (χ2v) is 7.80. The minimum absolute atomic E-state index is 0.0858. The lowest BCUT2D eigenvalue weighted by Crippen LogP contribution is -2.46. The number of para-hydroxylation sites is 2. The third-order valence-corrected chi connectivity index (χ3v) is 5.74. The van der Waals surface area contributed by atoms with Crippen molar-refractivity contribution in [3.63, 3.8) is 0 Å². The van der Waals surface area contributed by atoms with Gasteiger partial charge in [0, 0.05) is 50.9 Å². The fraction of sp³-hybridized carbons (Fsp3) is 0.458. The Morgan fingerprint density at radius 1 is 1.00 bits per heavy atom. The van der Waals surface area contributed by atoms with E-state index in [1.165, 1.54) is 11.3 Å². The molecule has 1 saturated heterocycles. The second-order valence-electron chi connectivity index (χ2n) is 7.80. The minimum atomic E-state index is 0.0858. The van der Waals surface area contributed by atoms with Gasteiger partial charge in [-0.1, -0.05) is 18.2 Å². The average molecular weight is 410 g/mol. The van der Waals surface area contributed by atoms with Crippen molar-refractivity contribution in [1.82, 2.24) is 4.90 Å². The number of hydrogen-bond acceptors (Lipinski definition) is 5. The van der Waals surface area contributed by atoms with Crippen LogP contribution in [0.5, 0.6) is 11.5 Å². The number of piperazine rings is 1. The van der Waals surface area contributed by atoms with Crippen molar-refractivity contribution in [1.29, 1.82) is 0 Å². The molecule has 2 aliphatic rings. The largest absolute Gasteiger partial charge is 0.493 e. The number of nitrogens with one attached hydrogen (secondary N) is 1. The zero-order valence-corrected chi connectivity index (χ0v) is 17.7. The summed E-state index contributed by atoms with van der Waals surface area (Å²) in [6.07, 6.45) is 2.36. The molecular formula is C24H31N3O3. The summed E-state index contributed by atoms with van der Waals surface area (Å²) >= 11 is 0. The molecule has 2 aromatic rings. The van der Waals surface area contributed by atoms with Crippen LogP contribution in [-0.2, 0) is 11.2 Å². The first-order valence-electron chi connectivity index (χ1n) is 11.0. The van der Waals surface area contributed by atoms with Crippen LogP contribution in [0.4, 0.5) is 11.4 Å². The SMILES string of the molecule is CCOc1ccccc1N1CCN(CCCOc2ccc3c(c2)NC(=O)CC3)CC1. The van der Waals surface area contributed by atoms with Crippen LogP contribution in [0.2, 0.25) is 0 Å². The molecule has 30 heavy (non-hydrogen) atoms. The summed E-state index contributed by atoms with van der Waals surface area (Å²) in [5.41, 5.74) is 3.28. The molecule has 6 heteroatoms. The van der Waals surface area contributed by atoms with Crippen LogP contribution < -0.4 is 19.7 Å². The van der Waals surface area contributed by atoms with Crippen LogP contribution in [0.3, 0.4) is 0 Å². The number of nitrogens with zero attached hydrogens (tertiary/aromatic N) is 2. The first-order valence-corrected chi connectivity index (χ1v) is 11.0. The molecule has 0 atom stereocenters. The highest BCUT2D eigenvalue weighted by molar-refractivity contribution is 5.94. The van der Waals surface area contributed by atoms with E-state index in [9.17, 15) is 4.79 Å². The summed E-state index contributed by atoms with van der Waals surface area (Å²) in [6, 6.07) is 14.3. The molecule has 0 radical (unpaired) electrons. The van der Waals surface area contributed by atoms with Gasteiger partial charge >= 0.3 is 0 Å². The monoisotopic (exact) mass is 409 g/mol. The smallest absolute Gasteiger partial charge is 0.224 e. The Kier molecular flexibility index (Phi) is 6.74. The number of hydrogen-bond donors (Lipinski definition) is 1. The molecule has 6 nitrogen and oxygen atoms in total. The normalized spacial score (nSPS) is 16.7. The number of fused-ring (bicyclic) bond motifs is 1. The Morgan fingerprint density at radius 2 is 1.83 bits per heavy atom. The van der Waals surface area contributed by atoms with E-state index in [2.05, 4.69) is 39.4 Å². The van der Waals surface area contributed by atoms with Gasteiger partial charge in [-0.25, -0.2) is 0 Å². The Labute approximate surface area is 178 Å². The topological polar surface area (TPSA) is 54.0 Å². The molecule has 0 unspecified atom stereocenters. The number of anilines is 2. The molecule has 0 saturated carbocycles. The van der Waals surface area contributed by atoms with Crippen LogP contribution in [0.25, 0.3) is 0 Å². The fourth-order valence-corrected chi connectivity index (χ4v) is 4.13. The Morgan fingerprint density at radius 3 is 2.67 bits per heavy atom. The molecule has 0 spiro atoms. The van der Waals surface area contributed by atoms with Crippen LogP contribution >= 0.6 is 0 Å².